The fraction of sp³-hybridized carbons (Fsp3) is 0.190. The first-order valence-corrected chi connectivity index (χ1v) is 10.6. The standard InChI is InChI=1S/C21H18Br2N2O5/c1-4-30-15-9-12(16(22)17(23)18(15)26)8-14-19(27)24-21(29)25(20(14)28)13-6-10(2)5-11(3)7-13/h5-9,26H,4H2,1-3H3,(H,24,27,29)/b14-8+. The number of nitrogens with zero attached hydrogens (tertiary/aromatic N) is 1. The molecule has 1 saturated heterocycles. The molecule has 3 rings (SSSR count). The Morgan fingerprint density at radius 2 is 1.70 bits per heavy atom. The van der Waals surface area contributed by atoms with Crippen LogP contribution >= 0.6 is 31.9 Å². The highest BCUT2D eigenvalue weighted by atomic mass is 79.9. The van der Waals surface area contributed by atoms with Crippen LogP contribution in [0.25, 0.3) is 6.08 Å². The topological polar surface area (TPSA) is 95.9 Å². The Morgan fingerprint density at radius 1 is 1.07 bits per heavy atom. The molecule has 0 bridgehead atoms. The van der Waals surface area contributed by atoms with E-state index in [4.69, 9.17) is 4.74 Å². The summed E-state index contributed by atoms with van der Waals surface area (Å²) >= 11 is 6.61. The van der Waals surface area contributed by atoms with Gasteiger partial charge in [0.05, 0.1) is 16.8 Å². The van der Waals surface area contributed by atoms with Gasteiger partial charge in [0.15, 0.2) is 11.5 Å². The Labute approximate surface area is 190 Å². The number of halogens is 2. The molecule has 4 amide bonds. The molecule has 0 unspecified atom stereocenters. The van der Waals surface area contributed by atoms with Crippen molar-refractivity contribution in [2.75, 3.05) is 11.5 Å². The number of aryl methyl sites for hydroxylation is 2. The van der Waals surface area contributed by atoms with E-state index in [0.717, 1.165) is 16.0 Å². The van der Waals surface area contributed by atoms with Gasteiger partial charge in [-0.1, -0.05) is 6.07 Å². The van der Waals surface area contributed by atoms with Crippen molar-refractivity contribution in [2.45, 2.75) is 20.8 Å². The van der Waals surface area contributed by atoms with Crippen molar-refractivity contribution < 1.29 is 24.2 Å². The molecule has 9 heteroatoms. The third kappa shape index (κ3) is 4.13. The van der Waals surface area contributed by atoms with Crippen molar-refractivity contribution in [1.82, 2.24) is 5.32 Å². The van der Waals surface area contributed by atoms with E-state index in [2.05, 4.69) is 37.2 Å². The first kappa shape index (κ1) is 22.0. The monoisotopic (exact) mass is 536 g/mol. The number of nitrogens with one attached hydrogen (secondary N) is 1. The van der Waals surface area contributed by atoms with Gasteiger partial charge in [0.25, 0.3) is 11.8 Å². The Hall–Kier alpha value is -2.65. The van der Waals surface area contributed by atoms with Gasteiger partial charge in [0.2, 0.25) is 0 Å². The van der Waals surface area contributed by atoms with Gasteiger partial charge in [-0.3, -0.25) is 14.9 Å². The summed E-state index contributed by atoms with van der Waals surface area (Å²) in [5.74, 6) is -1.48. The first-order valence-electron chi connectivity index (χ1n) is 8.97. The summed E-state index contributed by atoms with van der Waals surface area (Å²) in [4.78, 5) is 38.9. The van der Waals surface area contributed by atoms with Crippen molar-refractivity contribution in [3.8, 4) is 11.5 Å². The van der Waals surface area contributed by atoms with Crippen LogP contribution in [0, 0.1) is 13.8 Å². The van der Waals surface area contributed by atoms with E-state index in [1.807, 2.05) is 19.9 Å². The van der Waals surface area contributed by atoms with Gasteiger partial charge < -0.3 is 9.84 Å². The van der Waals surface area contributed by atoms with E-state index >= 15 is 0 Å². The number of carbonyl (C=O) groups is 3. The normalized spacial score (nSPS) is 15.6. The molecule has 30 heavy (non-hydrogen) atoms. The lowest BCUT2D eigenvalue weighted by Crippen LogP contribution is -2.54. The summed E-state index contributed by atoms with van der Waals surface area (Å²) in [5, 5.41) is 12.4. The number of phenols is 1. The molecule has 1 fully saturated rings. The van der Waals surface area contributed by atoms with Gasteiger partial charge in [-0.15, -0.1) is 0 Å². The Morgan fingerprint density at radius 3 is 2.30 bits per heavy atom. The van der Waals surface area contributed by atoms with Gasteiger partial charge >= 0.3 is 6.03 Å². The molecular weight excluding hydrogens is 520 g/mol. The van der Waals surface area contributed by atoms with Crippen LogP contribution in [0.4, 0.5) is 10.5 Å². The number of phenolic OH excluding ortho intramolecular Hbond substituents is 1. The lowest BCUT2D eigenvalue weighted by atomic mass is 10.0. The molecular formula is C21H18Br2N2O5. The van der Waals surface area contributed by atoms with Crippen molar-refractivity contribution >= 4 is 61.5 Å². The number of urea groups is 1. The number of ether oxygens (including phenoxy) is 1. The van der Waals surface area contributed by atoms with Crippen LogP contribution < -0.4 is 15.0 Å². The van der Waals surface area contributed by atoms with Crippen molar-refractivity contribution in [1.29, 1.82) is 0 Å². The van der Waals surface area contributed by atoms with E-state index in [1.54, 1.807) is 19.1 Å². The second-order valence-corrected chi connectivity index (χ2v) is 8.26. The molecule has 1 aliphatic rings. The van der Waals surface area contributed by atoms with Crippen LogP contribution in [-0.2, 0) is 9.59 Å². The van der Waals surface area contributed by atoms with E-state index < -0.39 is 17.8 Å². The Kier molecular flexibility index (Phi) is 6.33. The van der Waals surface area contributed by atoms with Crippen LogP contribution in [0.1, 0.15) is 23.6 Å². The molecule has 2 aromatic carbocycles. The number of imide groups is 2. The molecule has 0 spiro atoms. The number of rotatable bonds is 4. The van der Waals surface area contributed by atoms with Crippen molar-refractivity contribution in [2.24, 2.45) is 0 Å². The summed E-state index contributed by atoms with van der Waals surface area (Å²) in [6, 6.07) is 5.99. The van der Waals surface area contributed by atoms with Crippen molar-refractivity contribution in [3.63, 3.8) is 0 Å². The molecule has 1 aliphatic heterocycles. The average molecular weight is 538 g/mol. The maximum absolute atomic E-state index is 13.1. The summed E-state index contributed by atoms with van der Waals surface area (Å²) in [5.41, 5.74) is 2.30. The Bertz CT molecular complexity index is 1090. The number of carbonyl (C=O) groups excluding carboxylic acids is 3. The maximum atomic E-state index is 13.1. The van der Waals surface area contributed by atoms with Gasteiger partial charge in [0.1, 0.15) is 5.57 Å². The minimum Gasteiger partial charge on any atom is -0.503 e. The van der Waals surface area contributed by atoms with Crippen LogP contribution in [0.3, 0.4) is 0 Å². The lowest BCUT2D eigenvalue weighted by molar-refractivity contribution is -0.122. The van der Waals surface area contributed by atoms with Crippen molar-refractivity contribution in [3.05, 3.63) is 55.5 Å². The predicted molar refractivity (Wildman–Crippen MR) is 120 cm³/mol. The summed E-state index contributed by atoms with van der Waals surface area (Å²) in [6.07, 6.45) is 1.34. The smallest absolute Gasteiger partial charge is 0.335 e. The van der Waals surface area contributed by atoms with E-state index in [0.29, 0.717) is 26.8 Å². The highest BCUT2D eigenvalue weighted by molar-refractivity contribution is 9.13. The lowest BCUT2D eigenvalue weighted by Gasteiger charge is -2.27. The minimum atomic E-state index is -0.812. The molecule has 0 aromatic heterocycles. The zero-order valence-corrected chi connectivity index (χ0v) is 19.5. The highest BCUT2D eigenvalue weighted by Gasteiger charge is 2.37. The van der Waals surface area contributed by atoms with E-state index in [9.17, 15) is 19.5 Å². The molecule has 7 nitrogen and oxygen atoms in total. The second kappa shape index (κ2) is 8.61. The number of aromatic hydroxyl groups is 1. The molecule has 0 atom stereocenters. The Balaban J connectivity index is 2.11. The van der Waals surface area contributed by atoms with Gasteiger partial charge in [-0.05, 0) is 93.6 Å². The third-order valence-corrected chi connectivity index (χ3v) is 6.50. The summed E-state index contributed by atoms with van der Waals surface area (Å²) < 4.78 is 6.14. The first-order chi connectivity index (χ1) is 14.1. The molecule has 0 radical (unpaired) electrons. The maximum Gasteiger partial charge on any atom is 0.335 e. The van der Waals surface area contributed by atoms with E-state index in [-0.39, 0.29) is 17.1 Å². The number of barbiturate groups is 1. The summed E-state index contributed by atoms with van der Waals surface area (Å²) in [7, 11) is 0. The molecule has 2 N–H and O–H groups in total. The fourth-order valence-corrected chi connectivity index (χ4v) is 3.95. The highest BCUT2D eigenvalue weighted by Crippen LogP contribution is 2.42. The third-order valence-electron chi connectivity index (χ3n) is 4.34. The van der Waals surface area contributed by atoms with Crippen LogP contribution in [0.5, 0.6) is 11.5 Å². The van der Waals surface area contributed by atoms with Gasteiger partial charge in [-0.25, -0.2) is 9.69 Å². The number of benzene rings is 2. The zero-order chi connectivity index (χ0) is 22.2. The quantitative estimate of drug-likeness (QED) is 0.439. The van der Waals surface area contributed by atoms with E-state index in [1.165, 1.54) is 12.1 Å². The number of anilines is 1. The SMILES string of the molecule is CCOc1cc(/C=C2\C(=O)NC(=O)N(c3cc(C)cc(C)c3)C2=O)c(Br)c(Br)c1O. The van der Waals surface area contributed by atoms with Crippen LogP contribution in [-0.4, -0.2) is 29.6 Å². The minimum absolute atomic E-state index is 0.114. The fourth-order valence-electron chi connectivity index (χ4n) is 3.11. The molecule has 0 aliphatic carbocycles. The largest absolute Gasteiger partial charge is 0.503 e. The molecule has 156 valence electrons. The van der Waals surface area contributed by atoms with Gasteiger partial charge in [0, 0.05) is 4.47 Å². The second-order valence-electron chi connectivity index (χ2n) is 6.68. The summed E-state index contributed by atoms with van der Waals surface area (Å²) in [6.45, 7) is 5.78. The van der Waals surface area contributed by atoms with Crippen LogP contribution in [0.15, 0.2) is 38.8 Å². The number of hydrogen-bond donors (Lipinski definition) is 2. The van der Waals surface area contributed by atoms with Crippen LogP contribution in [0.2, 0.25) is 0 Å². The molecule has 0 saturated carbocycles. The molecule has 1 heterocycles. The predicted octanol–water partition coefficient (Wildman–Crippen LogP) is 4.60. The average Bonchev–Trinajstić information content (AvgIpc) is 2.65. The van der Waals surface area contributed by atoms with Gasteiger partial charge in [-0.2, -0.15) is 0 Å². The molecule has 2 aromatic rings. The number of hydrogen-bond acceptors (Lipinski definition) is 5. The number of amides is 4. The zero-order valence-electron chi connectivity index (χ0n) is 16.4.